The Hall–Kier alpha value is -0.770. The molecule has 0 spiro atoms. The average Bonchev–Trinajstić information content (AvgIpc) is 2.57. The van der Waals surface area contributed by atoms with Crippen LogP contribution in [-0.4, -0.2) is 24.6 Å². The molecule has 1 aromatic carbocycles. The van der Waals surface area contributed by atoms with E-state index in [0.29, 0.717) is 0 Å². The van der Waals surface area contributed by atoms with Crippen LogP contribution in [0.4, 0.5) is 8.78 Å². The topological polar surface area (TPSA) is 62.8 Å². The van der Waals surface area contributed by atoms with E-state index >= 15 is 0 Å². The van der Waals surface area contributed by atoms with Gasteiger partial charge in [-0.2, -0.15) is 0 Å². The first kappa shape index (κ1) is 11.7. The minimum Gasteiger partial charge on any atom is -0.329 e. The molecule has 16 heavy (non-hydrogen) atoms. The zero-order valence-corrected chi connectivity index (χ0v) is 10.9. The summed E-state index contributed by atoms with van der Waals surface area (Å²) in [6.45, 7) is 0. The van der Waals surface area contributed by atoms with Crippen molar-refractivity contribution in [2.45, 2.75) is 5.16 Å². The molecule has 0 amide bonds. The first-order chi connectivity index (χ1) is 7.30. The van der Waals surface area contributed by atoms with Crippen molar-refractivity contribution in [2.75, 3.05) is 6.26 Å². The first-order valence-corrected chi connectivity index (χ1v) is 7.01. The molecule has 0 fully saturated rings. The Labute approximate surface area is 103 Å². The number of aromatic nitrogens is 2. The SMILES string of the molecule is CS(=O)(=O)c1nc2c(F)c(I)c(F)cc2[nH]1. The van der Waals surface area contributed by atoms with E-state index in [4.69, 9.17) is 0 Å². The smallest absolute Gasteiger partial charge is 0.225 e. The van der Waals surface area contributed by atoms with E-state index in [9.17, 15) is 17.2 Å². The molecule has 0 saturated carbocycles. The van der Waals surface area contributed by atoms with Gasteiger partial charge >= 0.3 is 0 Å². The number of hydrogen-bond donors (Lipinski definition) is 1. The maximum atomic E-state index is 13.5. The van der Waals surface area contributed by atoms with Crippen molar-refractivity contribution in [3.8, 4) is 0 Å². The molecule has 1 heterocycles. The zero-order chi connectivity index (χ0) is 12.1. The monoisotopic (exact) mass is 358 g/mol. The second kappa shape index (κ2) is 3.62. The summed E-state index contributed by atoms with van der Waals surface area (Å²) in [7, 11) is -3.57. The lowest BCUT2D eigenvalue weighted by Gasteiger charge is -1.96. The highest BCUT2D eigenvalue weighted by molar-refractivity contribution is 14.1. The Morgan fingerprint density at radius 2 is 2.06 bits per heavy atom. The normalized spacial score (nSPS) is 12.2. The summed E-state index contributed by atoms with van der Waals surface area (Å²) < 4.78 is 48.8. The van der Waals surface area contributed by atoms with E-state index in [-0.39, 0.29) is 19.8 Å². The summed E-state index contributed by atoms with van der Waals surface area (Å²) in [4.78, 5) is 5.96. The van der Waals surface area contributed by atoms with Crippen LogP contribution in [0, 0.1) is 15.2 Å². The van der Waals surface area contributed by atoms with Crippen molar-refractivity contribution < 1.29 is 17.2 Å². The second-order valence-electron chi connectivity index (χ2n) is 3.20. The van der Waals surface area contributed by atoms with Gasteiger partial charge in [-0.05, 0) is 22.6 Å². The van der Waals surface area contributed by atoms with Crippen molar-refractivity contribution in [1.82, 2.24) is 9.97 Å². The lowest BCUT2D eigenvalue weighted by molar-refractivity contribution is 0.578. The van der Waals surface area contributed by atoms with Crippen molar-refractivity contribution in [3.63, 3.8) is 0 Å². The Morgan fingerprint density at radius 1 is 1.44 bits per heavy atom. The van der Waals surface area contributed by atoms with Gasteiger partial charge < -0.3 is 4.98 Å². The maximum absolute atomic E-state index is 13.5. The van der Waals surface area contributed by atoms with Gasteiger partial charge in [0.1, 0.15) is 11.3 Å². The number of fused-ring (bicyclic) bond motifs is 1. The van der Waals surface area contributed by atoms with E-state index in [1.807, 2.05) is 0 Å². The molecule has 0 radical (unpaired) electrons. The second-order valence-corrected chi connectivity index (χ2v) is 6.21. The Bertz CT molecular complexity index is 681. The number of hydrogen-bond acceptors (Lipinski definition) is 3. The lowest BCUT2D eigenvalue weighted by atomic mass is 10.3. The Balaban J connectivity index is 2.87. The fourth-order valence-corrected chi connectivity index (χ4v) is 2.17. The van der Waals surface area contributed by atoms with Crippen molar-refractivity contribution in [1.29, 1.82) is 0 Å². The molecule has 0 aliphatic heterocycles. The van der Waals surface area contributed by atoms with Gasteiger partial charge in [0.05, 0.1) is 9.09 Å². The fraction of sp³-hybridized carbons (Fsp3) is 0.125. The molecule has 0 unspecified atom stereocenters. The molecular weight excluding hydrogens is 353 g/mol. The Morgan fingerprint density at radius 3 is 2.62 bits per heavy atom. The van der Waals surface area contributed by atoms with Crippen LogP contribution in [-0.2, 0) is 9.84 Å². The molecule has 0 atom stereocenters. The third-order valence-electron chi connectivity index (χ3n) is 1.94. The summed E-state index contributed by atoms with van der Waals surface area (Å²) >= 11 is 1.49. The van der Waals surface area contributed by atoms with Gasteiger partial charge in [0.25, 0.3) is 0 Å². The highest BCUT2D eigenvalue weighted by atomic mass is 127. The van der Waals surface area contributed by atoms with Gasteiger partial charge in [0.15, 0.2) is 5.82 Å². The van der Waals surface area contributed by atoms with E-state index in [1.54, 1.807) is 0 Å². The van der Waals surface area contributed by atoms with Gasteiger partial charge in [-0.25, -0.2) is 22.2 Å². The number of rotatable bonds is 1. The van der Waals surface area contributed by atoms with Gasteiger partial charge in [0.2, 0.25) is 15.0 Å². The number of halogens is 3. The summed E-state index contributed by atoms with van der Waals surface area (Å²) in [6, 6.07) is 1.02. The number of nitrogens with zero attached hydrogens (tertiary/aromatic N) is 1. The molecule has 2 aromatic rings. The zero-order valence-electron chi connectivity index (χ0n) is 7.88. The fourth-order valence-electron chi connectivity index (χ4n) is 1.21. The molecule has 1 aromatic heterocycles. The largest absolute Gasteiger partial charge is 0.329 e. The molecule has 86 valence electrons. The molecule has 0 bridgehead atoms. The van der Waals surface area contributed by atoms with Crippen molar-refractivity contribution in [3.05, 3.63) is 21.3 Å². The van der Waals surface area contributed by atoms with Gasteiger partial charge in [-0.15, -0.1) is 0 Å². The maximum Gasteiger partial charge on any atom is 0.225 e. The molecule has 8 heteroatoms. The van der Waals surface area contributed by atoms with E-state index < -0.39 is 21.5 Å². The number of benzene rings is 1. The van der Waals surface area contributed by atoms with Crippen molar-refractivity contribution in [2.24, 2.45) is 0 Å². The van der Waals surface area contributed by atoms with Crippen LogP contribution in [0.3, 0.4) is 0 Å². The summed E-state index contributed by atoms with van der Waals surface area (Å²) in [5.41, 5.74) is -0.151. The molecule has 1 N–H and O–H groups in total. The van der Waals surface area contributed by atoms with Crippen LogP contribution >= 0.6 is 22.6 Å². The highest BCUT2D eigenvalue weighted by Crippen LogP contribution is 2.24. The van der Waals surface area contributed by atoms with Crippen molar-refractivity contribution >= 4 is 43.5 Å². The van der Waals surface area contributed by atoms with Gasteiger partial charge in [0, 0.05) is 12.3 Å². The van der Waals surface area contributed by atoms with Gasteiger partial charge in [-0.3, -0.25) is 0 Å². The summed E-state index contributed by atoms with van der Waals surface area (Å²) in [6.07, 6.45) is 0.934. The van der Waals surface area contributed by atoms with E-state index in [1.165, 1.54) is 22.6 Å². The third kappa shape index (κ3) is 1.79. The highest BCUT2D eigenvalue weighted by Gasteiger charge is 2.19. The standard InChI is InChI=1S/C8H5F2IN2O2S/c1-16(14,15)8-12-4-2-3(9)6(11)5(10)7(4)13-8/h2H,1H3,(H,12,13). The molecular formula is C8H5F2IN2O2S. The predicted molar refractivity (Wildman–Crippen MR) is 61.8 cm³/mol. The average molecular weight is 358 g/mol. The van der Waals surface area contributed by atoms with Crippen LogP contribution < -0.4 is 0 Å². The number of nitrogens with one attached hydrogen (secondary N) is 1. The molecule has 2 rings (SSSR count). The number of imidazole rings is 1. The first-order valence-electron chi connectivity index (χ1n) is 4.04. The molecule has 4 nitrogen and oxygen atoms in total. The van der Waals surface area contributed by atoms with Crippen LogP contribution in [0.2, 0.25) is 0 Å². The number of aromatic amines is 1. The molecule has 0 saturated heterocycles. The minimum absolute atomic E-state index is 0.0239. The van der Waals surface area contributed by atoms with Gasteiger partial charge in [-0.1, -0.05) is 0 Å². The quantitative estimate of drug-likeness (QED) is 0.625. The van der Waals surface area contributed by atoms with E-state index in [0.717, 1.165) is 12.3 Å². The summed E-state index contributed by atoms with van der Waals surface area (Å²) in [5.74, 6) is -1.61. The van der Waals surface area contributed by atoms with Crippen LogP contribution in [0.15, 0.2) is 11.2 Å². The molecule has 0 aliphatic rings. The summed E-state index contributed by atoms with van der Waals surface area (Å²) in [5, 5.41) is -0.372. The van der Waals surface area contributed by atoms with Crippen LogP contribution in [0.1, 0.15) is 0 Å². The van der Waals surface area contributed by atoms with E-state index in [2.05, 4.69) is 9.97 Å². The third-order valence-corrected chi connectivity index (χ3v) is 3.83. The van der Waals surface area contributed by atoms with Crippen LogP contribution in [0.25, 0.3) is 11.0 Å². The van der Waals surface area contributed by atoms with Crippen LogP contribution in [0.5, 0.6) is 0 Å². The molecule has 0 aliphatic carbocycles. The lowest BCUT2D eigenvalue weighted by Crippen LogP contribution is -1.98. The number of H-pyrrole nitrogens is 1. The minimum atomic E-state index is -3.57. The number of sulfone groups is 1. The predicted octanol–water partition coefficient (Wildman–Crippen LogP) is 1.85. The Kier molecular flexibility index (Phi) is 2.65.